The minimum absolute atomic E-state index is 0.369. The maximum absolute atomic E-state index is 5.03. The monoisotopic (exact) mass is 283 g/mol. The predicted octanol–water partition coefficient (Wildman–Crippen LogP) is 2.72. The van der Waals surface area contributed by atoms with Gasteiger partial charge in [0.2, 0.25) is 0 Å². The summed E-state index contributed by atoms with van der Waals surface area (Å²) in [6.07, 6.45) is 2.57. The number of hydrogen-bond donors (Lipinski definition) is 1. The maximum atomic E-state index is 5.03. The van der Waals surface area contributed by atoms with Gasteiger partial charge in [-0.25, -0.2) is 0 Å². The number of rotatable bonds is 6. The molecule has 1 aromatic carbocycles. The highest BCUT2D eigenvalue weighted by atomic mass is 79.9. The molecule has 0 heterocycles. The first-order chi connectivity index (χ1) is 7.78. The quantitative estimate of drug-likeness (QED) is 0.811. The van der Waals surface area contributed by atoms with Crippen molar-refractivity contribution in [1.82, 2.24) is 5.32 Å². The van der Waals surface area contributed by atoms with E-state index in [0.717, 1.165) is 19.7 Å². The summed E-state index contributed by atoms with van der Waals surface area (Å²) in [7, 11) is 1.74. The summed E-state index contributed by atoms with van der Waals surface area (Å²) in [4.78, 5) is 0. The summed E-state index contributed by atoms with van der Waals surface area (Å²) < 4.78 is 6.27. The Kier molecular flexibility index (Phi) is 4.00. The van der Waals surface area contributed by atoms with Crippen LogP contribution in [0.1, 0.15) is 18.4 Å². The van der Waals surface area contributed by atoms with Crippen LogP contribution >= 0.6 is 15.9 Å². The lowest BCUT2D eigenvalue weighted by atomic mass is 9.96. The van der Waals surface area contributed by atoms with E-state index in [9.17, 15) is 0 Å². The molecule has 2 nitrogen and oxygen atoms in total. The van der Waals surface area contributed by atoms with Crippen LogP contribution in [0.15, 0.2) is 28.7 Å². The second-order valence-electron chi connectivity index (χ2n) is 4.43. The highest BCUT2D eigenvalue weighted by Crippen LogP contribution is 2.49. The van der Waals surface area contributed by atoms with E-state index in [-0.39, 0.29) is 0 Å². The zero-order valence-corrected chi connectivity index (χ0v) is 11.2. The number of benzene rings is 1. The van der Waals surface area contributed by atoms with Crippen LogP contribution in [0.2, 0.25) is 0 Å². The Morgan fingerprint density at radius 2 is 2.12 bits per heavy atom. The summed E-state index contributed by atoms with van der Waals surface area (Å²) in [5.74, 6) is 0. The molecule has 0 unspecified atom stereocenters. The minimum atomic E-state index is 0.369. The van der Waals surface area contributed by atoms with Gasteiger partial charge in [0, 0.05) is 30.1 Å². The van der Waals surface area contributed by atoms with Crippen molar-refractivity contribution in [1.29, 1.82) is 0 Å². The van der Waals surface area contributed by atoms with E-state index in [1.54, 1.807) is 7.11 Å². The van der Waals surface area contributed by atoms with Gasteiger partial charge in [0.15, 0.2) is 0 Å². The SMILES string of the molecule is COCCNCC1(c2ccccc2Br)CC1. The summed E-state index contributed by atoms with van der Waals surface area (Å²) in [6, 6.07) is 8.55. The summed E-state index contributed by atoms with van der Waals surface area (Å²) in [6.45, 7) is 2.77. The molecule has 0 spiro atoms. The number of ether oxygens (including phenoxy) is 1. The van der Waals surface area contributed by atoms with Gasteiger partial charge >= 0.3 is 0 Å². The average molecular weight is 284 g/mol. The average Bonchev–Trinajstić information content (AvgIpc) is 3.06. The summed E-state index contributed by atoms with van der Waals surface area (Å²) in [5.41, 5.74) is 1.81. The molecule has 1 aliphatic rings. The third kappa shape index (κ3) is 2.65. The van der Waals surface area contributed by atoms with Crippen molar-refractivity contribution in [3.63, 3.8) is 0 Å². The van der Waals surface area contributed by atoms with Gasteiger partial charge in [0.25, 0.3) is 0 Å². The molecule has 1 aliphatic carbocycles. The van der Waals surface area contributed by atoms with Gasteiger partial charge < -0.3 is 10.1 Å². The molecular formula is C13H18BrNO. The van der Waals surface area contributed by atoms with Gasteiger partial charge in [-0.15, -0.1) is 0 Å². The first kappa shape index (κ1) is 12.1. The van der Waals surface area contributed by atoms with Crippen molar-refractivity contribution in [3.8, 4) is 0 Å². The van der Waals surface area contributed by atoms with Crippen molar-refractivity contribution >= 4 is 15.9 Å². The molecule has 16 heavy (non-hydrogen) atoms. The van der Waals surface area contributed by atoms with Gasteiger partial charge in [-0.2, -0.15) is 0 Å². The fourth-order valence-corrected chi connectivity index (χ4v) is 2.79. The third-order valence-electron chi connectivity index (χ3n) is 3.25. The summed E-state index contributed by atoms with van der Waals surface area (Å²) in [5, 5.41) is 3.47. The van der Waals surface area contributed by atoms with Crippen molar-refractivity contribution in [2.75, 3.05) is 26.8 Å². The smallest absolute Gasteiger partial charge is 0.0587 e. The van der Waals surface area contributed by atoms with Gasteiger partial charge in [-0.1, -0.05) is 34.1 Å². The number of halogens is 1. The van der Waals surface area contributed by atoms with Gasteiger partial charge in [0.05, 0.1) is 6.61 Å². The molecule has 88 valence electrons. The summed E-state index contributed by atoms with van der Waals surface area (Å²) >= 11 is 3.64. The van der Waals surface area contributed by atoms with E-state index < -0.39 is 0 Å². The van der Waals surface area contributed by atoms with Crippen LogP contribution < -0.4 is 5.32 Å². The Labute approximate surface area is 106 Å². The second-order valence-corrected chi connectivity index (χ2v) is 5.28. The Hall–Kier alpha value is -0.380. The third-order valence-corrected chi connectivity index (χ3v) is 3.94. The number of nitrogens with one attached hydrogen (secondary N) is 1. The van der Waals surface area contributed by atoms with E-state index in [2.05, 4.69) is 45.5 Å². The molecule has 0 bridgehead atoms. The number of hydrogen-bond acceptors (Lipinski definition) is 2. The van der Waals surface area contributed by atoms with Crippen molar-refractivity contribution < 1.29 is 4.74 Å². The van der Waals surface area contributed by atoms with Gasteiger partial charge in [-0.3, -0.25) is 0 Å². The molecule has 0 aliphatic heterocycles. The van der Waals surface area contributed by atoms with Crippen LogP contribution in [0.5, 0.6) is 0 Å². The van der Waals surface area contributed by atoms with Crippen LogP contribution in [-0.4, -0.2) is 26.8 Å². The lowest BCUT2D eigenvalue weighted by Crippen LogP contribution is -2.29. The van der Waals surface area contributed by atoms with Crippen LogP contribution in [0, 0.1) is 0 Å². The predicted molar refractivity (Wildman–Crippen MR) is 69.8 cm³/mol. The van der Waals surface area contributed by atoms with Gasteiger partial charge in [0.1, 0.15) is 0 Å². The molecule has 2 rings (SSSR count). The van der Waals surface area contributed by atoms with E-state index in [1.807, 2.05) is 0 Å². The minimum Gasteiger partial charge on any atom is -0.383 e. The molecule has 0 atom stereocenters. The molecule has 3 heteroatoms. The zero-order chi connectivity index (χ0) is 11.4. The lowest BCUT2D eigenvalue weighted by Gasteiger charge is -2.18. The first-order valence-corrected chi connectivity index (χ1v) is 6.52. The van der Waals surface area contributed by atoms with E-state index >= 15 is 0 Å². The van der Waals surface area contributed by atoms with Crippen LogP contribution in [0.3, 0.4) is 0 Å². The maximum Gasteiger partial charge on any atom is 0.0587 e. The molecule has 0 radical (unpaired) electrons. The van der Waals surface area contributed by atoms with Crippen molar-refractivity contribution in [2.24, 2.45) is 0 Å². The second kappa shape index (κ2) is 5.30. The number of methoxy groups -OCH3 is 1. The lowest BCUT2D eigenvalue weighted by molar-refractivity contribution is 0.198. The molecule has 0 saturated heterocycles. The van der Waals surface area contributed by atoms with E-state index in [4.69, 9.17) is 4.74 Å². The molecule has 1 aromatic rings. The largest absolute Gasteiger partial charge is 0.383 e. The van der Waals surface area contributed by atoms with Crippen molar-refractivity contribution in [2.45, 2.75) is 18.3 Å². The van der Waals surface area contributed by atoms with E-state index in [1.165, 1.54) is 22.9 Å². The highest BCUT2D eigenvalue weighted by molar-refractivity contribution is 9.10. The zero-order valence-electron chi connectivity index (χ0n) is 9.63. The van der Waals surface area contributed by atoms with Crippen LogP contribution in [0.4, 0.5) is 0 Å². The Morgan fingerprint density at radius 3 is 2.75 bits per heavy atom. The molecule has 0 aromatic heterocycles. The Balaban J connectivity index is 1.95. The van der Waals surface area contributed by atoms with Crippen molar-refractivity contribution in [3.05, 3.63) is 34.3 Å². The fourth-order valence-electron chi connectivity index (χ4n) is 2.09. The highest BCUT2D eigenvalue weighted by Gasteiger charge is 2.44. The molecule has 1 N–H and O–H groups in total. The first-order valence-electron chi connectivity index (χ1n) is 5.73. The standard InChI is InChI=1S/C13H18BrNO/c1-16-9-8-15-10-13(6-7-13)11-4-2-3-5-12(11)14/h2-5,15H,6-10H2,1H3. The topological polar surface area (TPSA) is 21.3 Å². The van der Waals surface area contributed by atoms with Crippen LogP contribution in [-0.2, 0) is 10.2 Å². The molecular weight excluding hydrogens is 266 g/mol. The van der Waals surface area contributed by atoms with E-state index in [0.29, 0.717) is 5.41 Å². The fraction of sp³-hybridized carbons (Fsp3) is 0.538. The van der Waals surface area contributed by atoms with Crippen LogP contribution in [0.25, 0.3) is 0 Å². The van der Waals surface area contributed by atoms with Gasteiger partial charge in [-0.05, 0) is 24.5 Å². The Bertz CT molecular complexity index is 350. The normalized spacial score (nSPS) is 17.4. The Morgan fingerprint density at radius 1 is 1.38 bits per heavy atom. The molecule has 1 fully saturated rings. The molecule has 0 amide bonds. The molecule has 1 saturated carbocycles.